The van der Waals surface area contributed by atoms with E-state index in [4.69, 9.17) is 0 Å². The molecule has 3 unspecified atom stereocenters. The molecule has 0 aromatic carbocycles. The van der Waals surface area contributed by atoms with Crippen molar-refractivity contribution >= 4 is 5.91 Å². The van der Waals surface area contributed by atoms with Crippen LogP contribution in [0.15, 0.2) is 24.5 Å². The summed E-state index contributed by atoms with van der Waals surface area (Å²) in [4.78, 5) is 19.0. The molecule has 1 aliphatic heterocycles. The zero-order valence-corrected chi connectivity index (χ0v) is 14.0. The van der Waals surface area contributed by atoms with Crippen molar-refractivity contribution in [3.8, 4) is 0 Å². The Labute approximate surface area is 138 Å². The van der Waals surface area contributed by atoms with E-state index in [9.17, 15) is 4.79 Å². The van der Waals surface area contributed by atoms with E-state index in [1.54, 1.807) is 6.20 Å². The number of pyridine rings is 1. The van der Waals surface area contributed by atoms with E-state index in [0.29, 0.717) is 18.5 Å². The highest BCUT2D eigenvalue weighted by atomic mass is 16.2. The van der Waals surface area contributed by atoms with Crippen LogP contribution in [0.25, 0.3) is 0 Å². The average Bonchev–Trinajstić information content (AvgIpc) is 2.58. The maximum Gasteiger partial charge on any atom is 0.234 e. The van der Waals surface area contributed by atoms with Crippen molar-refractivity contribution in [1.29, 1.82) is 0 Å². The van der Waals surface area contributed by atoms with Gasteiger partial charge in [-0.25, -0.2) is 0 Å². The van der Waals surface area contributed by atoms with Crippen LogP contribution in [0.3, 0.4) is 0 Å². The lowest BCUT2D eigenvalue weighted by Crippen LogP contribution is -2.51. The Morgan fingerprint density at radius 1 is 1.43 bits per heavy atom. The standard InChI is InChI=1S/C18H28N4O/c1-14-5-2-3-7-16(14)21-18(23)13-22-10-9-20-12-17(22)15-6-4-8-19-11-15/h4,6,8,11,14,16-17,20H,2-3,5,7,9-10,12-13H2,1H3,(H,21,23). The summed E-state index contributed by atoms with van der Waals surface area (Å²) in [6.45, 7) is 5.44. The van der Waals surface area contributed by atoms with Gasteiger partial charge in [0, 0.05) is 44.1 Å². The van der Waals surface area contributed by atoms with Gasteiger partial charge < -0.3 is 10.6 Å². The molecule has 1 amide bonds. The Balaban J connectivity index is 1.59. The molecule has 23 heavy (non-hydrogen) atoms. The number of aromatic nitrogens is 1. The van der Waals surface area contributed by atoms with Gasteiger partial charge in [-0.2, -0.15) is 0 Å². The summed E-state index contributed by atoms with van der Waals surface area (Å²) in [7, 11) is 0. The normalized spacial score (nSPS) is 29.2. The van der Waals surface area contributed by atoms with E-state index in [2.05, 4.69) is 33.5 Å². The molecule has 1 aromatic heterocycles. The highest BCUT2D eigenvalue weighted by Crippen LogP contribution is 2.24. The second-order valence-corrected chi connectivity index (χ2v) is 6.91. The SMILES string of the molecule is CC1CCCCC1NC(=O)CN1CCNCC1c1cccnc1. The first-order chi connectivity index (χ1) is 11.2. The smallest absolute Gasteiger partial charge is 0.234 e. The van der Waals surface area contributed by atoms with Crippen LogP contribution in [-0.2, 0) is 4.79 Å². The van der Waals surface area contributed by atoms with Gasteiger partial charge in [0.15, 0.2) is 0 Å². The van der Waals surface area contributed by atoms with Crippen molar-refractivity contribution in [1.82, 2.24) is 20.5 Å². The Hall–Kier alpha value is -1.46. The maximum atomic E-state index is 12.5. The maximum absolute atomic E-state index is 12.5. The van der Waals surface area contributed by atoms with Gasteiger partial charge in [0.2, 0.25) is 5.91 Å². The van der Waals surface area contributed by atoms with Crippen molar-refractivity contribution < 1.29 is 4.79 Å². The van der Waals surface area contributed by atoms with E-state index in [-0.39, 0.29) is 11.9 Å². The minimum atomic E-state index is 0.166. The largest absolute Gasteiger partial charge is 0.352 e. The fourth-order valence-corrected chi connectivity index (χ4v) is 3.80. The lowest BCUT2D eigenvalue weighted by Gasteiger charge is -2.36. The van der Waals surface area contributed by atoms with Crippen molar-refractivity contribution in [2.24, 2.45) is 5.92 Å². The van der Waals surface area contributed by atoms with Crippen molar-refractivity contribution in [2.75, 3.05) is 26.2 Å². The Morgan fingerprint density at radius 3 is 3.09 bits per heavy atom. The van der Waals surface area contributed by atoms with Crippen LogP contribution in [0.5, 0.6) is 0 Å². The average molecular weight is 316 g/mol. The first-order valence-electron chi connectivity index (χ1n) is 8.88. The highest BCUT2D eigenvalue weighted by molar-refractivity contribution is 5.78. The molecule has 5 heteroatoms. The lowest BCUT2D eigenvalue weighted by molar-refractivity contribution is -0.124. The van der Waals surface area contributed by atoms with Crippen LogP contribution in [0.2, 0.25) is 0 Å². The third kappa shape index (κ3) is 4.30. The minimum absolute atomic E-state index is 0.166. The fourth-order valence-electron chi connectivity index (χ4n) is 3.80. The third-order valence-corrected chi connectivity index (χ3v) is 5.23. The van der Waals surface area contributed by atoms with Crippen LogP contribution in [0, 0.1) is 5.92 Å². The molecule has 2 heterocycles. The molecular weight excluding hydrogens is 288 g/mol. The van der Waals surface area contributed by atoms with Crippen molar-refractivity contribution in [2.45, 2.75) is 44.7 Å². The van der Waals surface area contributed by atoms with Crippen LogP contribution in [-0.4, -0.2) is 48.0 Å². The third-order valence-electron chi connectivity index (χ3n) is 5.23. The van der Waals surface area contributed by atoms with Gasteiger partial charge in [-0.1, -0.05) is 25.8 Å². The number of nitrogens with one attached hydrogen (secondary N) is 2. The molecule has 2 aliphatic rings. The van der Waals surface area contributed by atoms with Gasteiger partial charge in [-0.05, 0) is 30.4 Å². The number of carbonyl (C=O) groups excluding carboxylic acids is 1. The number of hydrogen-bond acceptors (Lipinski definition) is 4. The topological polar surface area (TPSA) is 57.3 Å². The van der Waals surface area contributed by atoms with Crippen LogP contribution < -0.4 is 10.6 Å². The molecule has 0 spiro atoms. The molecule has 0 radical (unpaired) electrons. The first-order valence-corrected chi connectivity index (χ1v) is 8.88. The van der Waals surface area contributed by atoms with Gasteiger partial charge >= 0.3 is 0 Å². The minimum Gasteiger partial charge on any atom is -0.352 e. The fraction of sp³-hybridized carbons (Fsp3) is 0.667. The van der Waals surface area contributed by atoms with Gasteiger partial charge in [-0.15, -0.1) is 0 Å². The summed E-state index contributed by atoms with van der Waals surface area (Å²) in [6.07, 6.45) is 8.60. The number of nitrogens with zero attached hydrogens (tertiary/aromatic N) is 2. The van der Waals surface area contributed by atoms with Gasteiger partial charge in [-0.3, -0.25) is 14.7 Å². The predicted molar refractivity (Wildman–Crippen MR) is 91.0 cm³/mol. The number of amides is 1. The summed E-state index contributed by atoms with van der Waals surface area (Å²) in [6, 6.07) is 4.65. The quantitative estimate of drug-likeness (QED) is 0.888. The molecule has 1 aromatic rings. The second-order valence-electron chi connectivity index (χ2n) is 6.91. The van der Waals surface area contributed by atoms with E-state index >= 15 is 0 Å². The molecule has 126 valence electrons. The molecule has 1 saturated heterocycles. The Bertz CT molecular complexity index is 507. The Kier molecular flexibility index (Phi) is 5.62. The molecule has 1 aliphatic carbocycles. The number of hydrogen-bond donors (Lipinski definition) is 2. The second kappa shape index (κ2) is 7.88. The number of rotatable bonds is 4. The molecule has 3 rings (SSSR count). The van der Waals surface area contributed by atoms with E-state index in [1.165, 1.54) is 24.8 Å². The van der Waals surface area contributed by atoms with E-state index in [1.807, 2.05) is 12.3 Å². The van der Waals surface area contributed by atoms with Gasteiger partial charge in [0.25, 0.3) is 0 Å². The van der Waals surface area contributed by atoms with Crippen molar-refractivity contribution in [3.05, 3.63) is 30.1 Å². The van der Waals surface area contributed by atoms with E-state index < -0.39 is 0 Å². The predicted octanol–water partition coefficient (Wildman–Crippen LogP) is 1.72. The monoisotopic (exact) mass is 316 g/mol. The van der Waals surface area contributed by atoms with Crippen LogP contribution in [0.1, 0.15) is 44.2 Å². The first kappa shape index (κ1) is 16.4. The lowest BCUT2D eigenvalue weighted by atomic mass is 9.86. The zero-order valence-electron chi connectivity index (χ0n) is 14.0. The van der Waals surface area contributed by atoms with Crippen LogP contribution in [0.4, 0.5) is 0 Å². The molecule has 3 atom stereocenters. The summed E-state index contributed by atoms with van der Waals surface area (Å²) < 4.78 is 0. The van der Waals surface area contributed by atoms with E-state index in [0.717, 1.165) is 26.1 Å². The molecule has 5 nitrogen and oxygen atoms in total. The van der Waals surface area contributed by atoms with Gasteiger partial charge in [0.05, 0.1) is 6.54 Å². The molecule has 0 bridgehead atoms. The number of piperazine rings is 1. The molecule has 2 fully saturated rings. The molecule has 2 N–H and O–H groups in total. The zero-order chi connectivity index (χ0) is 16.1. The summed E-state index contributed by atoms with van der Waals surface area (Å²) in [5.74, 6) is 0.768. The highest BCUT2D eigenvalue weighted by Gasteiger charge is 2.28. The molecule has 1 saturated carbocycles. The number of carbonyl (C=O) groups is 1. The van der Waals surface area contributed by atoms with Gasteiger partial charge in [0.1, 0.15) is 0 Å². The van der Waals surface area contributed by atoms with Crippen molar-refractivity contribution in [3.63, 3.8) is 0 Å². The summed E-state index contributed by atoms with van der Waals surface area (Å²) in [5.41, 5.74) is 1.18. The Morgan fingerprint density at radius 2 is 2.30 bits per heavy atom. The van der Waals surface area contributed by atoms with Crippen LogP contribution >= 0.6 is 0 Å². The summed E-state index contributed by atoms with van der Waals surface area (Å²) in [5, 5.41) is 6.70. The summed E-state index contributed by atoms with van der Waals surface area (Å²) >= 11 is 0. The molecular formula is C18H28N4O.